The quantitative estimate of drug-likeness (QED) is 0.133. The largest absolute Gasteiger partial charge is 0.508 e. The predicted molar refractivity (Wildman–Crippen MR) is 264 cm³/mol. The van der Waals surface area contributed by atoms with Gasteiger partial charge in [0, 0.05) is 34.3 Å². The molecule has 4 aromatic heterocycles. The molecule has 0 fully saturated rings. The number of nitrogens with zero attached hydrogens (tertiary/aromatic N) is 6. The summed E-state index contributed by atoms with van der Waals surface area (Å²) in [6.07, 6.45) is 0. The number of nitriles is 2. The van der Waals surface area contributed by atoms with E-state index in [1.807, 2.05) is 109 Å². The Hall–Kier alpha value is -8.03. The number of phenols is 2. The fourth-order valence-corrected chi connectivity index (χ4v) is 10.5. The van der Waals surface area contributed by atoms with E-state index in [1.54, 1.807) is 38.5 Å². The highest BCUT2D eigenvalue weighted by molar-refractivity contribution is 7.20. The Morgan fingerprint density at radius 2 is 1.09 bits per heavy atom. The Bertz CT molecular complexity index is 3660. The maximum atomic E-state index is 11.7. The molecule has 65 heavy (non-hydrogen) atoms. The Balaban J connectivity index is 1.51. The number of ether oxygens (including phenoxy) is 2. The number of phenolic OH excluding ortho intramolecular Hbond substituents is 2. The predicted octanol–water partition coefficient (Wildman–Crippen LogP) is 7.77. The second kappa shape index (κ2) is 16.9. The number of aromatic hydroxyl groups is 2. The monoisotopic (exact) mass is 882 g/mol. The lowest BCUT2D eigenvalue weighted by Crippen LogP contribution is -2.42. The van der Waals surface area contributed by atoms with Crippen molar-refractivity contribution in [1.82, 2.24) is 18.9 Å². The number of methoxy groups -OCH3 is 2. The van der Waals surface area contributed by atoms with Crippen molar-refractivity contribution in [3.63, 3.8) is 0 Å². The molecule has 0 aliphatic heterocycles. The van der Waals surface area contributed by atoms with Crippen LogP contribution in [0.3, 0.4) is 0 Å². The smallest absolute Gasteiger partial charge is 0.290 e. The van der Waals surface area contributed by atoms with Crippen LogP contribution in [0.1, 0.15) is 10.0 Å². The summed E-state index contributed by atoms with van der Waals surface area (Å²) in [5, 5.41) is 48.3. The molecule has 0 saturated heterocycles. The lowest BCUT2D eigenvalue weighted by molar-refractivity contribution is 0.415. The number of benzene rings is 6. The molecule has 0 atom stereocenters. The minimum Gasteiger partial charge on any atom is -0.508 e. The van der Waals surface area contributed by atoms with E-state index in [4.69, 9.17) is 19.4 Å². The zero-order valence-corrected chi connectivity index (χ0v) is 37.0. The number of rotatable bonds is 10. The van der Waals surface area contributed by atoms with Crippen LogP contribution >= 0.6 is 22.7 Å². The third-order valence-corrected chi connectivity index (χ3v) is 13.8. The molecular weight excluding hydrogens is 846 g/mol. The summed E-state index contributed by atoms with van der Waals surface area (Å²) < 4.78 is 17.2. The van der Waals surface area contributed by atoms with Gasteiger partial charge in [0.15, 0.2) is 0 Å². The third-order valence-electron chi connectivity index (χ3n) is 11.7. The van der Waals surface area contributed by atoms with Crippen molar-refractivity contribution in [3.05, 3.63) is 166 Å². The van der Waals surface area contributed by atoms with Crippen LogP contribution in [0.15, 0.2) is 146 Å². The first-order chi connectivity index (χ1) is 31.8. The summed E-state index contributed by atoms with van der Waals surface area (Å²) in [5.41, 5.74) is 6.93. The molecule has 312 valence electrons. The molecular formula is C51H36B2N6O4S2. The SMILES string of the molecule is COc1ccc2sc(/C(C#N)=c3/c4c(-c5ccc(O)cc5)n(B(C)c5ccccc5)/c(=C(/C#N)c5nc6cc(OC)ccc6s5)c4c(-c4ccc(O)cc4)n3Bc3ccccc3)nc2c1. The average molecular weight is 883 g/mol. The summed E-state index contributed by atoms with van der Waals surface area (Å²) in [6, 6.07) is 50.9. The van der Waals surface area contributed by atoms with Crippen LogP contribution in [-0.4, -0.2) is 57.6 Å². The Labute approximate surface area is 382 Å². The van der Waals surface area contributed by atoms with E-state index >= 15 is 0 Å². The van der Waals surface area contributed by atoms with Crippen molar-refractivity contribution in [2.24, 2.45) is 0 Å². The van der Waals surface area contributed by atoms with Gasteiger partial charge in [-0.3, -0.25) is 0 Å². The number of aromatic nitrogens is 4. The summed E-state index contributed by atoms with van der Waals surface area (Å²) in [5.74, 6) is 1.48. The fourth-order valence-electron chi connectivity index (χ4n) is 8.64. The second-order valence-corrected chi connectivity index (χ2v) is 17.5. The molecule has 10 aromatic rings. The van der Waals surface area contributed by atoms with Gasteiger partial charge in [-0.1, -0.05) is 78.4 Å². The van der Waals surface area contributed by atoms with E-state index in [0.29, 0.717) is 72.6 Å². The van der Waals surface area contributed by atoms with Gasteiger partial charge in [-0.2, -0.15) is 10.5 Å². The highest BCUT2D eigenvalue weighted by Gasteiger charge is 2.32. The number of fused-ring (bicyclic) bond motifs is 3. The van der Waals surface area contributed by atoms with Gasteiger partial charge < -0.3 is 28.6 Å². The standard InChI is InChI=1S/C51H36B2N6O4S2/c1-53(33-12-8-5-9-13-33)59-47(31-16-20-35(61)21-17-31)45-44(49(59)39(29-55)51-57-41-27-37(63-3)23-25-43(41)65-51)46(30-14-18-34(60)19-15-30)58(52-32-10-6-4-7-11-32)48(45)38(28-54)50-56-40-26-36(62-2)22-24-42(40)64-50/h4-27,52,60-61H,1-3H3/b48-38-,49-39-. The average Bonchev–Trinajstić information content (AvgIpc) is 4.11. The Morgan fingerprint density at radius 3 is 1.60 bits per heavy atom. The van der Waals surface area contributed by atoms with Crippen LogP contribution in [0.25, 0.3) is 64.9 Å². The van der Waals surface area contributed by atoms with E-state index < -0.39 is 0 Å². The molecule has 2 N–H and O–H groups in total. The molecule has 0 amide bonds. The molecule has 0 spiro atoms. The molecule has 0 aliphatic carbocycles. The van der Waals surface area contributed by atoms with Crippen molar-refractivity contribution in [3.8, 4) is 57.7 Å². The molecule has 10 nitrogen and oxygen atoms in total. The van der Waals surface area contributed by atoms with Gasteiger partial charge >= 0.3 is 0 Å². The minimum absolute atomic E-state index is 0.0921. The highest BCUT2D eigenvalue weighted by Crippen LogP contribution is 2.38. The summed E-state index contributed by atoms with van der Waals surface area (Å²) in [4.78, 5) is 10.2. The van der Waals surface area contributed by atoms with E-state index in [0.717, 1.165) is 42.8 Å². The maximum Gasteiger partial charge on any atom is 0.290 e. The zero-order valence-electron chi connectivity index (χ0n) is 35.4. The lowest BCUT2D eigenvalue weighted by Gasteiger charge is -2.19. The van der Waals surface area contributed by atoms with E-state index in [2.05, 4.69) is 40.1 Å². The normalized spacial score (nSPS) is 12.2. The van der Waals surface area contributed by atoms with Gasteiger partial charge in [0.25, 0.3) is 14.3 Å². The van der Waals surface area contributed by atoms with Gasteiger partial charge in [0.1, 0.15) is 56.3 Å². The lowest BCUT2D eigenvalue weighted by atomic mass is 9.57. The molecule has 14 heteroatoms. The molecule has 10 rings (SSSR count). The van der Waals surface area contributed by atoms with Crippen molar-refractivity contribution in [2.45, 2.75) is 6.82 Å². The van der Waals surface area contributed by atoms with Crippen LogP contribution in [0.4, 0.5) is 0 Å². The Morgan fingerprint density at radius 1 is 0.615 bits per heavy atom. The minimum atomic E-state index is -0.385. The van der Waals surface area contributed by atoms with Crippen molar-refractivity contribution in [1.29, 1.82) is 10.5 Å². The molecule has 0 bridgehead atoms. The summed E-state index contributed by atoms with van der Waals surface area (Å²) in [6.45, 7) is 1.72. The number of hydrogen-bond donors (Lipinski definition) is 2. The molecule has 0 unspecified atom stereocenters. The topological polar surface area (TPSA) is 142 Å². The van der Waals surface area contributed by atoms with Gasteiger partial charge in [0.05, 0.1) is 45.4 Å². The first-order valence-electron chi connectivity index (χ1n) is 20.7. The summed E-state index contributed by atoms with van der Waals surface area (Å²) in [7, 11) is 3.55. The van der Waals surface area contributed by atoms with Gasteiger partial charge in [0.2, 0.25) is 0 Å². The third kappa shape index (κ3) is 7.25. The molecule has 0 saturated carbocycles. The van der Waals surface area contributed by atoms with Gasteiger partial charge in [-0.15, -0.1) is 22.7 Å². The molecule has 6 aromatic carbocycles. The van der Waals surface area contributed by atoms with Crippen molar-refractivity contribution < 1.29 is 19.7 Å². The van der Waals surface area contributed by atoms with E-state index in [-0.39, 0.29) is 18.3 Å². The first-order valence-corrected chi connectivity index (χ1v) is 22.3. The Kier molecular flexibility index (Phi) is 10.7. The van der Waals surface area contributed by atoms with Crippen LogP contribution in [0.5, 0.6) is 23.0 Å². The van der Waals surface area contributed by atoms with Crippen molar-refractivity contribution in [2.75, 3.05) is 14.2 Å². The first kappa shape index (κ1) is 41.0. The fraction of sp³-hybridized carbons (Fsp3) is 0.0588. The zero-order chi connectivity index (χ0) is 44.8. The summed E-state index contributed by atoms with van der Waals surface area (Å²) >= 11 is 2.83. The van der Waals surface area contributed by atoms with Crippen LogP contribution in [0.2, 0.25) is 6.82 Å². The van der Waals surface area contributed by atoms with Crippen LogP contribution in [0, 0.1) is 22.7 Å². The molecule has 0 radical (unpaired) electrons. The maximum absolute atomic E-state index is 11.7. The molecule has 4 heterocycles. The van der Waals surface area contributed by atoms with E-state index in [9.17, 15) is 20.7 Å². The van der Waals surface area contributed by atoms with Crippen molar-refractivity contribution >= 4 is 90.2 Å². The van der Waals surface area contributed by atoms with Crippen LogP contribution in [-0.2, 0) is 0 Å². The highest BCUT2D eigenvalue weighted by atomic mass is 32.1. The number of hydrogen-bond acceptors (Lipinski definition) is 10. The number of thiazole rings is 2. The van der Waals surface area contributed by atoms with Gasteiger partial charge in [-0.05, 0) is 83.9 Å². The molecule has 0 aliphatic rings. The van der Waals surface area contributed by atoms with E-state index in [1.165, 1.54) is 22.7 Å². The second-order valence-electron chi connectivity index (χ2n) is 15.4. The van der Waals surface area contributed by atoms with Gasteiger partial charge in [-0.25, -0.2) is 9.97 Å². The van der Waals surface area contributed by atoms with Crippen LogP contribution < -0.4 is 31.1 Å².